The molecule has 0 aromatic heterocycles. The van der Waals surface area contributed by atoms with Gasteiger partial charge in [-0.2, -0.15) is 0 Å². The molecule has 0 fully saturated rings. The van der Waals surface area contributed by atoms with E-state index in [1.54, 1.807) is 18.2 Å². The molecule has 0 aliphatic rings. The molecule has 0 spiro atoms. The van der Waals surface area contributed by atoms with Gasteiger partial charge >= 0.3 is 0 Å². The average molecular weight is 370 g/mol. The molecule has 0 bridgehead atoms. The molecule has 0 radical (unpaired) electrons. The van der Waals surface area contributed by atoms with Crippen LogP contribution in [0.3, 0.4) is 0 Å². The van der Waals surface area contributed by atoms with E-state index in [-0.39, 0.29) is 5.91 Å². The quantitative estimate of drug-likeness (QED) is 0.680. The third-order valence-electron chi connectivity index (χ3n) is 4.03. The van der Waals surface area contributed by atoms with Gasteiger partial charge in [0.1, 0.15) is 0 Å². The minimum atomic E-state index is -0.168. The molecule has 0 unspecified atom stereocenters. The second-order valence-corrected chi connectivity index (χ2v) is 6.65. The fourth-order valence-electron chi connectivity index (χ4n) is 2.56. The molecule has 0 aliphatic heterocycles. The van der Waals surface area contributed by atoms with E-state index < -0.39 is 0 Å². The average Bonchev–Trinajstić information content (AvgIpc) is 2.66. The van der Waals surface area contributed by atoms with Crippen molar-refractivity contribution in [3.05, 3.63) is 53.6 Å². The second kappa shape index (κ2) is 10.6. The Morgan fingerprint density at radius 1 is 1.00 bits per heavy atom. The van der Waals surface area contributed by atoms with Crippen molar-refractivity contribution in [3.8, 4) is 11.5 Å². The first-order valence-electron chi connectivity index (χ1n) is 9.48. The normalized spacial score (nSPS) is 10.7. The number of amides is 1. The molecule has 1 amide bonds. The van der Waals surface area contributed by atoms with Crippen LogP contribution in [0.1, 0.15) is 36.2 Å². The maximum absolute atomic E-state index is 12.6. The summed E-state index contributed by atoms with van der Waals surface area (Å²) < 4.78 is 11.3. The van der Waals surface area contributed by atoms with E-state index in [1.807, 2.05) is 38.1 Å². The van der Waals surface area contributed by atoms with E-state index in [1.165, 1.54) is 5.56 Å². The third-order valence-corrected chi connectivity index (χ3v) is 4.03. The zero-order valence-corrected chi connectivity index (χ0v) is 16.7. The van der Waals surface area contributed by atoms with Gasteiger partial charge in [0.2, 0.25) is 0 Å². The molecular weight excluding hydrogens is 340 g/mol. The van der Waals surface area contributed by atoms with Gasteiger partial charge in [0.15, 0.2) is 11.5 Å². The van der Waals surface area contributed by atoms with Gasteiger partial charge in [0, 0.05) is 17.8 Å². The van der Waals surface area contributed by atoms with E-state index >= 15 is 0 Å². The smallest absolute Gasteiger partial charge is 0.255 e. The van der Waals surface area contributed by atoms with Crippen LogP contribution in [0.4, 0.5) is 5.69 Å². The maximum atomic E-state index is 12.6. The largest absolute Gasteiger partial charge is 0.490 e. The number of carbonyl (C=O) groups excluding carboxylic acids is 1. The Hall–Kier alpha value is -2.53. The Labute approximate surface area is 162 Å². The van der Waals surface area contributed by atoms with Gasteiger partial charge in [-0.3, -0.25) is 4.79 Å². The summed E-state index contributed by atoms with van der Waals surface area (Å²) in [6.45, 7) is 6.09. The van der Waals surface area contributed by atoms with Crippen molar-refractivity contribution >= 4 is 11.6 Å². The van der Waals surface area contributed by atoms with Crippen molar-refractivity contribution in [3.63, 3.8) is 0 Å². The highest BCUT2D eigenvalue weighted by Crippen LogP contribution is 2.29. The summed E-state index contributed by atoms with van der Waals surface area (Å²) in [5.41, 5.74) is 2.56. The first-order valence-corrected chi connectivity index (χ1v) is 9.48. The van der Waals surface area contributed by atoms with Gasteiger partial charge in [-0.15, -0.1) is 0 Å². The molecule has 0 heterocycles. The number of benzene rings is 2. The third kappa shape index (κ3) is 6.61. The topological polar surface area (TPSA) is 50.8 Å². The molecule has 146 valence electrons. The zero-order chi connectivity index (χ0) is 19.6. The number of ether oxygens (including phenoxy) is 2. The number of anilines is 1. The Morgan fingerprint density at radius 2 is 1.74 bits per heavy atom. The summed E-state index contributed by atoms with van der Waals surface area (Å²) >= 11 is 0. The predicted octanol–water partition coefficient (Wildman–Crippen LogP) is 4.23. The monoisotopic (exact) mass is 370 g/mol. The van der Waals surface area contributed by atoms with E-state index in [0.717, 1.165) is 25.1 Å². The molecule has 1 N–H and O–H groups in total. The number of hydrogen-bond donors (Lipinski definition) is 1. The molecule has 2 aromatic rings. The van der Waals surface area contributed by atoms with Crippen molar-refractivity contribution in [2.45, 2.75) is 26.7 Å². The highest BCUT2D eigenvalue weighted by molar-refractivity contribution is 6.04. The van der Waals surface area contributed by atoms with Crippen LogP contribution in [0, 0.1) is 0 Å². The van der Waals surface area contributed by atoms with Crippen LogP contribution in [-0.2, 0) is 6.42 Å². The van der Waals surface area contributed by atoms with E-state index in [2.05, 4.69) is 24.3 Å². The van der Waals surface area contributed by atoms with Crippen molar-refractivity contribution in [1.29, 1.82) is 0 Å². The summed E-state index contributed by atoms with van der Waals surface area (Å²) in [5.74, 6) is 1.09. The van der Waals surface area contributed by atoms with E-state index in [9.17, 15) is 4.79 Å². The van der Waals surface area contributed by atoms with E-state index in [0.29, 0.717) is 30.3 Å². The molecule has 5 heteroatoms. The Kier molecular flexibility index (Phi) is 8.14. The summed E-state index contributed by atoms with van der Waals surface area (Å²) in [7, 11) is 4.12. The molecule has 0 saturated heterocycles. The summed E-state index contributed by atoms with van der Waals surface area (Å²) in [6, 6.07) is 13.2. The van der Waals surface area contributed by atoms with Crippen molar-refractivity contribution < 1.29 is 14.3 Å². The SMILES string of the molecule is CCCOc1ccc(C(=O)Nc2ccc(CCN(C)C)cc2)cc1OCC. The van der Waals surface area contributed by atoms with Crippen molar-refractivity contribution in [2.75, 3.05) is 39.2 Å². The lowest BCUT2D eigenvalue weighted by atomic mass is 10.1. The lowest BCUT2D eigenvalue weighted by Gasteiger charge is -2.13. The van der Waals surface area contributed by atoms with Gasteiger partial charge < -0.3 is 19.7 Å². The zero-order valence-electron chi connectivity index (χ0n) is 16.7. The molecule has 2 aromatic carbocycles. The fourth-order valence-corrected chi connectivity index (χ4v) is 2.56. The van der Waals surface area contributed by atoms with Crippen molar-refractivity contribution in [1.82, 2.24) is 4.90 Å². The summed E-state index contributed by atoms with van der Waals surface area (Å²) in [5, 5.41) is 2.94. The molecule has 5 nitrogen and oxygen atoms in total. The lowest BCUT2D eigenvalue weighted by Crippen LogP contribution is -2.15. The Balaban J connectivity index is 2.05. The second-order valence-electron chi connectivity index (χ2n) is 6.65. The van der Waals surface area contributed by atoms with Gasteiger partial charge in [0.25, 0.3) is 5.91 Å². The van der Waals surface area contributed by atoms with Crippen LogP contribution in [0.2, 0.25) is 0 Å². The fraction of sp³-hybridized carbons (Fsp3) is 0.409. The van der Waals surface area contributed by atoms with Gasteiger partial charge in [-0.25, -0.2) is 0 Å². The standard InChI is InChI=1S/C22H30N2O3/c1-5-15-27-20-12-9-18(16-21(20)26-6-2)22(25)23-19-10-7-17(8-11-19)13-14-24(3)4/h7-12,16H,5-6,13-15H2,1-4H3,(H,23,25). The van der Waals surface area contributed by atoms with Gasteiger partial charge in [-0.1, -0.05) is 19.1 Å². The molecule has 0 saturated carbocycles. The molecular formula is C22H30N2O3. The number of likely N-dealkylation sites (N-methyl/N-ethyl adjacent to an activating group) is 1. The van der Waals surface area contributed by atoms with Crippen LogP contribution in [0.15, 0.2) is 42.5 Å². The first kappa shape index (κ1) is 20.8. The van der Waals surface area contributed by atoms with Gasteiger partial charge in [0.05, 0.1) is 13.2 Å². The minimum absolute atomic E-state index is 0.168. The summed E-state index contributed by atoms with van der Waals surface area (Å²) in [6.07, 6.45) is 1.90. The molecule has 2 rings (SSSR count). The molecule has 0 aliphatic carbocycles. The lowest BCUT2D eigenvalue weighted by molar-refractivity contribution is 0.102. The number of carbonyl (C=O) groups is 1. The van der Waals surface area contributed by atoms with Crippen LogP contribution in [-0.4, -0.2) is 44.7 Å². The Bertz CT molecular complexity index is 727. The van der Waals surface area contributed by atoms with Crippen LogP contribution >= 0.6 is 0 Å². The van der Waals surface area contributed by atoms with Gasteiger partial charge in [-0.05, 0) is 69.8 Å². The van der Waals surface area contributed by atoms with Crippen LogP contribution in [0.5, 0.6) is 11.5 Å². The van der Waals surface area contributed by atoms with Crippen LogP contribution in [0.25, 0.3) is 0 Å². The molecule has 27 heavy (non-hydrogen) atoms. The maximum Gasteiger partial charge on any atom is 0.255 e. The van der Waals surface area contributed by atoms with E-state index in [4.69, 9.17) is 9.47 Å². The molecule has 0 atom stereocenters. The van der Waals surface area contributed by atoms with Crippen LogP contribution < -0.4 is 14.8 Å². The number of nitrogens with one attached hydrogen (secondary N) is 1. The predicted molar refractivity (Wildman–Crippen MR) is 110 cm³/mol. The number of hydrogen-bond acceptors (Lipinski definition) is 4. The highest BCUT2D eigenvalue weighted by Gasteiger charge is 2.12. The number of rotatable bonds is 10. The first-order chi connectivity index (χ1) is 13.0. The highest BCUT2D eigenvalue weighted by atomic mass is 16.5. The van der Waals surface area contributed by atoms with Crippen molar-refractivity contribution in [2.24, 2.45) is 0 Å². The summed E-state index contributed by atoms with van der Waals surface area (Å²) in [4.78, 5) is 14.7. The Morgan fingerprint density at radius 3 is 2.37 bits per heavy atom. The minimum Gasteiger partial charge on any atom is -0.490 e. The number of nitrogens with zero attached hydrogens (tertiary/aromatic N) is 1.